The van der Waals surface area contributed by atoms with Gasteiger partial charge < -0.3 is 18.7 Å². The number of benzene rings is 1. The molecule has 0 fully saturated rings. The Morgan fingerprint density at radius 2 is 1.77 bits per heavy atom. The maximum atomic E-state index is 14.2. The minimum Gasteiger partial charge on any atom is -0.493 e. The lowest BCUT2D eigenvalue weighted by Gasteiger charge is -2.23. The Morgan fingerprint density at radius 3 is 2.38 bits per heavy atom. The van der Waals surface area contributed by atoms with Gasteiger partial charge in [-0.2, -0.15) is 8.42 Å². The minimum absolute atomic E-state index is 0.0786. The zero-order chi connectivity index (χ0) is 29.7. The van der Waals surface area contributed by atoms with E-state index in [2.05, 4.69) is 5.16 Å². The Balaban J connectivity index is 2.12. The molecule has 222 valence electrons. The number of anilines is 1. The molecular formula is C26H36N2O9S3. The first-order valence-corrected chi connectivity index (χ1v) is 16.5. The van der Waals surface area contributed by atoms with Crippen LogP contribution in [0.15, 0.2) is 33.0 Å². The molecular weight excluding hydrogens is 580 g/mol. The summed E-state index contributed by atoms with van der Waals surface area (Å²) in [5.41, 5.74) is 2.12. The Labute approximate surface area is 240 Å². The van der Waals surface area contributed by atoms with E-state index in [1.165, 1.54) is 7.11 Å². The van der Waals surface area contributed by atoms with E-state index in [1.54, 1.807) is 38.1 Å². The number of aryl methyl sites for hydroxylation is 2. The fourth-order valence-corrected chi connectivity index (χ4v) is 7.02. The third kappa shape index (κ3) is 8.04. The molecule has 40 heavy (non-hydrogen) atoms. The first-order chi connectivity index (χ1) is 18.7. The van der Waals surface area contributed by atoms with Crippen LogP contribution in [0.2, 0.25) is 0 Å². The lowest BCUT2D eigenvalue weighted by atomic mass is 10.0. The van der Waals surface area contributed by atoms with Gasteiger partial charge >= 0.3 is 0 Å². The van der Waals surface area contributed by atoms with E-state index in [1.807, 2.05) is 20.8 Å². The molecule has 0 bridgehead atoms. The van der Waals surface area contributed by atoms with Crippen molar-refractivity contribution in [2.45, 2.75) is 45.4 Å². The second kappa shape index (κ2) is 13.4. The van der Waals surface area contributed by atoms with Crippen molar-refractivity contribution in [3.05, 3.63) is 46.0 Å². The maximum Gasteiger partial charge on any atom is 0.277 e. The highest BCUT2D eigenvalue weighted by atomic mass is 32.2. The van der Waals surface area contributed by atoms with E-state index in [4.69, 9.17) is 22.9 Å². The Morgan fingerprint density at radius 1 is 1.05 bits per heavy atom. The molecule has 3 rings (SSSR count). The molecule has 0 saturated carbocycles. The molecule has 0 atom stereocenters. The van der Waals surface area contributed by atoms with Crippen LogP contribution >= 0.6 is 11.3 Å². The van der Waals surface area contributed by atoms with Crippen molar-refractivity contribution >= 4 is 37.3 Å². The second-order valence-corrected chi connectivity index (χ2v) is 14.6. The number of hydrogen-bond acceptors (Lipinski definition) is 11. The molecule has 0 N–H and O–H groups in total. The van der Waals surface area contributed by atoms with E-state index in [0.29, 0.717) is 47.0 Å². The summed E-state index contributed by atoms with van der Waals surface area (Å²) < 4.78 is 79.7. The number of aromatic nitrogens is 1. The van der Waals surface area contributed by atoms with Gasteiger partial charge in [-0.3, -0.25) is 4.18 Å². The highest BCUT2D eigenvalue weighted by Crippen LogP contribution is 2.42. The molecule has 1 aromatic carbocycles. The molecule has 0 aliphatic rings. The smallest absolute Gasteiger partial charge is 0.277 e. The molecule has 0 amide bonds. The van der Waals surface area contributed by atoms with Crippen molar-refractivity contribution in [1.29, 1.82) is 0 Å². The molecule has 3 aromatic rings. The molecule has 2 heterocycles. The SMILES string of the molecule is COCCOCN(c1noc(C)c1C)S(=O)(=O)c1sc(C)cc1-c1ccc(COS(C)(=O)=O)cc1OCC(C)C. The number of methoxy groups -OCH3 is 1. The summed E-state index contributed by atoms with van der Waals surface area (Å²) in [6, 6.07) is 6.85. The van der Waals surface area contributed by atoms with Crippen LogP contribution in [0.1, 0.15) is 35.6 Å². The Kier molecular flexibility index (Phi) is 10.8. The quantitative estimate of drug-likeness (QED) is 0.135. The van der Waals surface area contributed by atoms with Crippen LogP contribution in [0.25, 0.3) is 11.1 Å². The second-order valence-electron chi connectivity index (χ2n) is 9.63. The maximum absolute atomic E-state index is 14.2. The van der Waals surface area contributed by atoms with Gasteiger partial charge in [0.15, 0.2) is 5.82 Å². The number of ether oxygens (including phenoxy) is 3. The van der Waals surface area contributed by atoms with Gasteiger partial charge in [-0.25, -0.2) is 12.7 Å². The summed E-state index contributed by atoms with van der Waals surface area (Å²) in [4.78, 5) is 0.765. The molecule has 0 saturated heterocycles. The van der Waals surface area contributed by atoms with E-state index >= 15 is 0 Å². The summed E-state index contributed by atoms with van der Waals surface area (Å²) in [5.74, 6) is 1.23. The summed E-state index contributed by atoms with van der Waals surface area (Å²) in [7, 11) is -6.32. The van der Waals surface area contributed by atoms with Crippen molar-refractivity contribution in [3.63, 3.8) is 0 Å². The van der Waals surface area contributed by atoms with Gasteiger partial charge in [0.25, 0.3) is 20.1 Å². The zero-order valence-electron chi connectivity index (χ0n) is 23.7. The number of nitrogens with zero attached hydrogens (tertiary/aromatic N) is 2. The fraction of sp³-hybridized carbons (Fsp3) is 0.500. The topological polar surface area (TPSA) is 134 Å². The monoisotopic (exact) mass is 616 g/mol. The fourth-order valence-electron chi connectivity index (χ4n) is 3.57. The Hall–Kier alpha value is -2.49. The van der Waals surface area contributed by atoms with Crippen molar-refractivity contribution in [1.82, 2.24) is 5.16 Å². The molecule has 2 aromatic heterocycles. The van der Waals surface area contributed by atoms with Gasteiger partial charge in [-0.05, 0) is 44.4 Å². The van der Waals surface area contributed by atoms with E-state index < -0.39 is 20.1 Å². The van der Waals surface area contributed by atoms with Gasteiger partial charge in [0, 0.05) is 28.7 Å². The highest BCUT2D eigenvalue weighted by molar-refractivity contribution is 7.95. The third-order valence-corrected chi connectivity index (χ3v) is 9.52. The summed E-state index contributed by atoms with van der Waals surface area (Å²) >= 11 is 1.12. The lowest BCUT2D eigenvalue weighted by molar-refractivity contribution is 0.0753. The van der Waals surface area contributed by atoms with Crippen molar-refractivity contribution in [2.75, 3.05) is 44.2 Å². The van der Waals surface area contributed by atoms with Crippen LogP contribution in [0.5, 0.6) is 5.75 Å². The van der Waals surface area contributed by atoms with Crippen LogP contribution < -0.4 is 9.04 Å². The standard InChI is InChI=1S/C26H36N2O9S3/c1-17(2)14-35-24-13-21(15-36-39(7,29)30)8-9-22(24)23-12-18(3)38-26(23)40(31,32)28(16-34-11-10-33-6)25-19(4)20(5)37-27-25/h8-9,12-13,17H,10-11,14-16H2,1-7H3. The minimum atomic E-state index is -4.19. The zero-order valence-corrected chi connectivity index (χ0v) is 26.2. The van der Waals surface area contributed by atoms with Crippen molar-refractivity contribution in [2.24, 2.45) is 5.92 Å². The van der Waals surface area contributed by atoms with Crippen LogP contribution in [0, 0.1) is 26.7 Å². The van der Waals surface area contributed by atoms with Crippen LogP contribution in [0.4, 0.5) is 5.82 Å². The summed E-state index contributed by atoms with van der Waals surface area (Å²) in [6.45, 7) is 9.60. The predicted octanol–water partition coefficient (Wildman–Crippen LogP) is 4.66. The molecule has 14 heteroatoms. The normalized spacial score (nSPS) is 12.3. The molecule has 0 aliphatic heterocycles. The van der Waals surface area contributed by atoms with Crippen LogP contribution in [0.3, 0.4) is 0 Å². The number of rotatable bonds is 15. The molecule has 0 spiro atoms. The van der Waals surface area contributed by atoms with Gasteiger partial charge in [0.2, 0.25) is 0 Å². The van der Waals surface area contributed by atoms with Crippen LogP contribution in [-0.4, -0.2) is 61.9 Å². The molecule has 0 unspecified atom stereocenters. The van der Waals surface area contributed by atoms with Gasteiger partial charge in [-0.1, -0.05) is 31.1 Å². The van der Waals surface area contributed by atoms with Gasteiger partial charge in [0.1, 0.15) is 22.4 Å². The first kappa shape index (κ1) is 32.0. The number of thiophene rings is 1. The van der Waals surface area contributed by atoms with Gasteiger partial charge in [-0.15, -0.1) is 11.3 Å². The highest BCUT2D eigenvalue weighted by Gasteiger charge is 2.34. The van der Waals surface area contributed by atoms with Gasteiger partial charge in [0.05, 0.1) is 32.7 Å². The third-order valence-electron chi connectivity index (χ3n) is 5.70. The van der Waals surface area contributed by atoms with E-state index in [-0.39, 0.29) is 35.9 Å². The summed E-state index contributed by atoms with van der Waals surface area (Å²) in [6.07, 6.45) is 0.978. The molecule has 0 radical (unpaired) electrons. The lowest BCUT2D eigenvalue weighted by Crippen LogP contribution is -2.34. The number of sulfonamides is 1. The average molecular weight is 617 g/mol. The largest absolute Gasteiger partial charge is 0.493 e. The molecule has 11 nitrogen and oxygen atoms in total. The van der Waals surface area contributed by atoms with Crippen molar-refractivity contribution in [3.8, 4) is 16.9 Å². The Bertz CT molecular complexity index is 1510. The molecule has 0 aliphatic carbocycles. The average Bonchev–Trinajstić information content (AvgIpc) is 3.43. The van der Waals surface area contributed by atoms with Crippen molar-refractivity contribution < 1.29 is 39.8 Å². The predicted molar refractivity (Wildman–Crippen MR) is 153 cm³/mol. The van der Waals surface area contributed by atoms with E-state index in [0.717, 1.165) is 26.8 Å². The van der Waals surface area contributed by atoms with Crippen LogP contribution in [-0.2, 0) is 40.4 Å². The first-order valence-electron chi connectivity index (χ1n) is 12.5. The van der Waals surface area contributed by atoms with E-state index in [9.17, 15) is 16.8 Å². The number of hydrogen-bond donors (Lipinski definition) is 0. The summed E-state index contributed by atoms with van der Waals surface area (Å²) in [5, 5.41) is 4.01.